The van der Waals surface area contributed by atoms with Crippen molar-refractivity contribution >= 4 is 20.9 Å². The first-order valence-corrected chi connectivity index (χ1v) is 8.86. The number of benzene rings is 1. The number of nitriles is 1. The van der Waals surface area contributed by atoms with Gasteiger partial charge in [-0.2, -0.15) is 5.26 Å². The molecule has 25 heavy (non-hydrogen) atoms. The Morgan fingerprint density at radius 3 is 2.88 bits per heavy atom. The zero-order chi connectivity index (χ0) is 18.2. The molecule has 1 amide bonds. The summed E-state index contributed by atoms with van der Waals surface area (Å²) in [6, 6.07) is 9.59. The summed E-state index contributed by atoms with van der Waals surface area (Å²) in [6.45, 7) is 2.91. The molecule has 5 nitrogen and oxygen atoms in total. The minimum atomic E-state index is -0.879. The van der Waals surface area contributed by atoms with E-state index in [0.29, 0.717) is 13.1 Å². The molecule has 0 bridgehead atoms. The molecule has 6 heteroatoms. The maximum Gasteiger partial charge on any atom is 0.237 e. The highest BCUT2D eigenvalue weighted by Crippen LogP contribution is 2.46. The molecule has 1 unspecified atom stereocenters. The second-order valence-corrected chi connectivity index (χ2v) is 7.68. The molecule has 1 aromatic rings. The highest BCUT2D eigenvalue weighted by Gasteiger charge is 2.52. The highest BCUT2D eigenvalue weighted by atomic mass is 31.0. The van der Waals surface area contributed by atoms with Gasteiger partial charge < -0.3 is 9.64 Å². The number of methoxy groups -OCH3 is 1. The van der Waals surface area contributed by atoms with E-state index in [2.05, 4.69) is 9.24 Å². The fourth-order valence-corrected chi connectivity index (χ4v) is 4.67. The molecule has 0 saturated carbocycles. The molecule has 1 heterocycles. The Bertz CT molecular complexity index is 798. The third-order valence-corrected chi connectivity index (χ3v) is 6.12. The van der Waals surface area contributed by atoms with Gasteiger partial charge >= 0.3 is 0 Å². The van der Waals surface area contributed by atoms with Gasteiger partial charge in [0.2, 0.25) is 5.91 Å². The molecule has 1 saturated heterocycles. The Hall–Kier alpha value is -2.18. The number of likely N-dealkylation sites (tertiary alicyclic amines) is 1. The Morgan fingerprint density at radius 1 is 1.44 bits per heavy atom. The first-order valence-electron chi connectivity index (χ1n) is 8.29. The van der Waals surface area contributed by atoms with Crippen molar-refractivity contribution < 1.29 is 14.3 Å². The molecule has 0 spiro atoms. The van der Waals surface area contributed by atoms with Gasteiger partial charge in [-0.05, 0) is 36.1 Å². The van der Waals surface area contributed by atoms with E-state index < -0.39 is 5.16 Å². The molecule has 0 radical (unpaired) electrons. The van der Waals surface area contributed by atoms with Crippen LogP contribution in [0.15, 0.2) is 35.9 Å². The SMILES string of the molecule is COc1cccc(CN2CC[C@@H]3[C@@H](C)C(=O)C(C#N)=C[C@@]3(P)C2=O)c1. The smallest absolute Gasteiger partial charge is 0.237 e. The van der Waals surface area contributed by atoms with Crippen molar-refractivity contribution in [1.29, 1.82) is 5.26 Å². The van der Waals surface area contributed by atoms with E-state index in [1.54, 1.807) is 18.1 Å². The number of Topliss-reactive ketones (excluding diaryl/α,β-unsaturated/α-hetero) is 1. The number of ketones is 1. The van der Waals surface area contributed by atoms with Gasteiger partial charge in [-0.25, -0.2) is 0 Å². The number of rotatable bonds is 3. The summed E-state index contributed by atoms with van der Waals surface area (Å²) in [7, 11) is 4.23. The summed E-state index contributed by atoms with van der Waals surface area (Å²) < 4.78 is 5.24. The first kappa shape index (κ1) is 17.6. The predicted octanol–water partition coefficient (Wildman–Crippen LogP) is 2.33. The van der Waals surface area contributed by atoms with Crippen molar-refractivity contribution in [3.05, 3.63) is 41.5 Å². The van der Waals surface area contributed by atoms with Gasteiger partial charge in [0.05, 0.1) is 17.8 Å². The summed E-state index contributed by atoms with van der Waals surface area (Å²) in [4.78, 5) is 27.2. The number of hydrogen-bond acceptors (Lipinski definition) is 4. The number of carbonyl (C=O) groups excluding carboxylic acids is 2. The summed E-state index contributed by atoms with van der Waals surface area (Å²) in [5.41, 5.74) is 1.08. The molecule has 4 atom stereocenters. The van der Waals surface area contributed by atoms with Crippen LogP contribution >= 0.6 is 9.24 Å². The summed E-state index contributed by atoms with van der Waals surface area (Å²) in [5, 5.41) is 8.36. The summed E-state index contributed by atoms with van der Waals surface area (Å²) >= 11 is 0. The number of fused-ring (bicyclic) bond motifs is 1. The van der Waals surface area contributed by atoms with E-state index in [1.807, 2.05) is 37.3 Å². The second kappa shape index (κ2) is 6.61. The van der Waals surface area contributed by atoms with Gasteiger partial charge in [0.15, 0.2) is 5.78 Å². The molecular formula is C19H21N2O3P. The highest BCUT2D eigenvalue weighted by molar-refractivity contribution is 7.21. The minimum absolute atomic E-state index is 0.0522. The fraction of sp³-hybridized carbons (Fsp3) is 0.421. The van der Waals surface area contributed by atoms with Crippen LogP contribution in [0.4, 0.5) is 0 Å². The second-order valence-electron chi connectivity index (χ2n) is 6.73. The van der Waals surface area contributed by atoms with Gasteiger partial charge in [-0.15, -0.1) is 9.24 Å². The lowest BCUT2D eigenvalue weighted by Crippen LogP contribution is -2.58. The summed E-state index contributed by atoms with van der Waals surface area (Å²) in [5.74, 6) is 0.142. The van der Waals surface area contributed by atoms with E-state index >= 15 is 0 Å². The van der Waals surface area contributed by atoms with Crippen LogP contribution in [0.2, 0.25) is 0 Å². The van der Waals surface area contributed by atoms with Gasteiger partial charge in [-0.3, -0.25) is 9.59 Å². The van der Waals surface area contributed by atoms with Gasteiger partial charge in [0, 0.05) is 19.0 Å². The molecule has 3 rings (SSSR count). The number of amides is 1. The average molecular weight is 356 g/mol. The molecule has 130 valence electrons. The molecule has 1 aromatic carbocycles. The van der Waals surface area contributed by atoms with Crippen molar-refractivity contribution in [2.75, 3.05) is 13.7 Å². The zero-order valence-electron chi connectivity index (χ0n) is 14.4. The van der Waals surface area contributed by atoms with Gasteiger partial charge in [0.1, 0.15) is 11.8 Å². The molecule has 1 fully saturated rings. The van der Waals surface area contributed by atoms with Crippen molar-refractivity contribution in [3.8, 4) is 11.8 Å². The van der Waals surface area contributed by atoms with Crippen molar-refractivity contribution in [2.45, 2.75) is 25.0 Å². The van der Waals surface area contributed by atoms with Gasteiger partial charge in [0.25, 0.3) is 0 Å². The van der Waals surface area contributed by atoms with E-state index in [1.165, 1.54) is 0 Å². The fourth-order valence-electron chi connectivity index (χ4n) is 3.87. The Balaban J connectivity index is 1.90. The maximum absolute atomic E-state index is 13.2. The molecule has 0 aromatic heterocycles. The van der Waals surface area contributed by atoms with Crippen molar-refractivity contribution in [3.63, 3.8) is 0 Å². The average Bonchev–Trinajstić information content (AvgIpc) is 2.62. The molecule has 1 aliphatic heterocycles. The summed E-state index contributed by atoms with van der Waals surface area (Å²) in [6.07, 6.45) is 2.30. The van der Waals surface area contributed by atoms with E-state index in [-0.39, 0.29) is 29.1 Å². The third kappa shape index (κ3) is 2.96. The predicted molar refractivity (Wildman–Crippen MR) is 96.8 cm³/mol. The first-order chi connectivity index (χ1) is 11.9. The topological polar surface area (TPSA) is 70.4 Å². The van der Waals surface area contributed by atoms with Crippen LogP contribution in [0.5, 0.6) is 5.75 Å². The number of carbonyl (C=O) groups is 2. The van der Waals surface area contributed by atoms with Crippen molar-refractivity contribution in [2.24, 2.45) is 11.8 Å². The van der Waals surface area contributed by atoms with Crippen LogP contribution < -0.4 is 4.74 Å². The molecule has 2 aliphatic rings. The van der Waals surface area contributed by atoms with E-state index in [0.717, 1.165) is 17.7 Å². The number of ether oxygens (including phenoxy) is 1. The van der Waals surface area contributed by atoms with E-state index in [4.69, 9.17) is 4.74 Å². The number of piperidine rings is 1. The van der Waals surface area contributed by atoms with Gasteiger partial charge in [-0.1, -0.05) is 19.1 Å². The number of hydrogen-bond donors (Lipinski definition) is 0. The van der Waals surface area contributed by atoms with Crippen LogP contribution in [-0.2, 0) is 16.1 Å². The molecule has 1 aliphatic carbocycles. The molecule has 0 N–H and O–H groups in total. The van der Waals surface area contributed by atoms with Crippen LogP contribution in [0, 0.1) is 23.2 Å². The largest absolute Gasteiger partial charge is 0.497 e. The lowest BCUT2D eigenvalue weighted by atomic mass is 9.69. The lowest BCUT2D eigenvalue weighted by Gasteiger charge is -2.47. The van der Waals surface area contributed by atoms with E-state index in [9.17, 15) is 14.9 Å². The Labute approximate surface area is 149 Å². The Kier molecular flexibility index (Phi) is 4.67. The van der Waals surface area contributed by atoms with Crippen LogP contribution in [0.1, 0.15) is 18.9 Å². The third-order valence-electron chi connectivity index (χ3n) is 5.27. The zero-order valence-corrected chi connectivity index (χ0v) is 15.5. The number of nitrogens with zero attached hydrogens (tertiary/aromatic N) is 2. The standard InChI is InChI=1S/C19H21N2O3P/c1-12-16-6-7-21(11-13-4-3-5-15(8-13)24-2)18(23)19(16,25)9-14(10-20)17(12)22/h3-5,8-9,12,16H,6-7,11,25H2,1-2H3/t12-,16-,19+/m1/s1. The Morgan fingerprint density at radius 2 is 2.20 bits per heavy atom. The molecular weight excluding hydrogens is 335 g/mol. The monoisotopic (exact) mass is 356 g/mol. The van der Waals surface area contributed by atoms with Crippen LogP contribution in [0.3, 0.4) is 0 Å². The van der Waals surface area contributed by atoms with Crippen LogP contribution in [0.25, 0.3) is 0 Å². The normalized spacial score (nSPS) is 28.9. The minimum Gasteiger partial charge on any atom is -0.497 e. The van der Waals surface area contributed by atoms with Crippen LogP contribution in [-0.4, -0.2) is 35.4 Å². The lowest BCUT2D eigenvalue weighted by molar-refractivity contribution is -0.140. The number of allylic oxidation sites excluding steroid dienone is 1. The van der Waals surface area contributed by atoms with Crippen molar-refractivity contribution in [1.82, 2.24) is 4.90 Å². The maximum atomic E-state index is 13.2. The quantitative estimate of drug-likeness (QED) is 0.780.